The van der Waals surface area contributed by atoms with Crippen LogP contribution in [-0.2, 0) is 4.79 Å². The molecule has 0 spiro atoms. The van der Waals surface area contributed by atoms with E-state index in [1.807, 2.05) is 71.6 Å². The molecule has 1 atom stereocenters. The number of carbonyl (C=O) groups excluding carboxylic acids is 1. The Morgan fingerprint density at radius 2 is 1.51 bits per heavy atom. The lowest BCUT2D eigenvalue weighted by Crippen LogP contribution is -2.52. The summed E-state index contributed by atoms with van der Waals surface area (Å²) in [5, 5.41) is 23.3. The van der Waals surface area contributed by atoms with Gasteiger partial charge in [-0.15, -0.1) is 0 Å². The zero-order valence-corrected chi connectivity index (χ0v) is 20.6. The molecule has 4 aromatic rings. The molecule has 0 saturated carbocycles. The third-order valence-electron chi connectivity index (χ3n) is 6.86. The zero-order valence-electron chi connectivity index (χ0n) is 20.6. The summed E-state index contributed by atoms with van der Waals surface area (Å²) in [6, 6.07) is 28.7. The van der Waals surface area contributed by atoms with E-state index in [1.165, 1.54) is 6.20 Å². The van der Waals surface area contributed by atoms with E-state index in [2.05, 4.69) is 4.90 Å². The normalized spacial score (nSPS) is 15.1. The molecule has 7 heteroatoms. The average Bonchev–Trinajstić information content (AvgIpc) is 2.94. The second-order valence-corrected chi connectivity index (χ2v) is 9.37. The molecule has 1 aromatic heterocycles. The smallest absolute Gasteiger partial charge is 0.234 e. The fourth-order valence-electron chi connectivity index (χ4n) is 4.95. The van der Waals surface area contributed by atoms with Gasteiger partial charge in [-0.05, 0) is 23.3 Å². The summed E-state index contributed by atoms with van der Waals surface area (Å²) in [4.78, 5) is 17.7. The highest BCUT2D eigenvalue weighted by molar-refractivity contribution is 5.87. The number of benzene rings is 3. The number of β-amino-alcohol motifs (C(OH)–C–C–N with tert-alkyl or cyclic N) is 1. The number of ether oxygens (including phenoxy) is 1. The predicted molar refractivity (Wildman–Crippen MR) is 142 cm³/mol. The summed E-state index contributed by atoms with van der Waals surface area (Å²) in [5.74, 6) is 0.346. The van der Waals surface area contributed by atoms with Gasteiger partial charge in [-0.1, -0.05) is 66.7 Å². The summed E-state index contributed by atoms with van der Waals surface area (Å²) in [6.07, 6.45) is 0.759. The van der Waals surface area contributed by atoms with Gasteiger partial charge < -0.3 is 20.0 Å². The van der Waals surface area contributed by atoms with Crippen LogP contribution in [0.1, 0.15) is 17.0 Å². The fourth-order valence-corrected chi connectivity index (χ4v) is 4.95. The van der Waals surface area contributed by atoms with Crippen molar-refractivity contribution in [3.63, 3.8) is 0 Å². The zero-order chi connectivity index (χ0) is 25.6. The molecule has 5 rings (SSSR count). The molecule has 3 aromatic carbocycles. The summed E-state index contributed by atoms with van der Waals surface area (Å²) >= 11 is 0. The van der Waals surface area contributed by atoms with E-state index in [-0.39, 0.29) is 18.4 Å². The number of rotatable bonds is 8. The lowest BCUT2D eigenvalue weighted by molar-refractivity contribution is -0.577. The van der Waals surface area contributed by atoms with Crippen LogP contribution >= 0.6 is 0 Å². The third-order valence-corrected chi connectivity index (χ3v) is 6.86. The van der Waals surface area contributed by atoms with E-state index in [4.69, 9.17) is 4.74 Å². The summed E-state index contributed by atoms with van der Waals surface area (Å²) < 4.78 is 6.68. The van der Waals surface area contributed by atoms with E-state index in [9.17, 15) is 15.1 Å². The minimum Gasteiger partial charge on any atom is -0.618 e. The molecule has 1 aliphatic heterocycles. The Morgan fingerprint density at radius 3 is 2.16 bits per heavy atom. The number of fused-ring (bicyclic) bond motifs is 1. The van der Waals surface area contributed by atoms with Crippen LogP contribution in [0.2, 0.25) is 0 Å². The van der Waals surface area contributed by atoms with Crippen LogP contribution < -0.4 is 9.47 Å². The van der Waals surface area contributed by atoms with Crippen molar-refractivity contribution >= 4 is 16.8 Å². The van der Waals surface area contributed by atoms with Crippen LogP contribution in [0.5, 0.6) is 5.75 Å². The van der Waals surface area contributed by atoms with Gasteiger partial charge in [0.25, 0.3) is 0 Å². The van der Waals surface area contributed by atoms with Gasteiger partial charge in [0.15, 0.2) is 6.20 Å². The number of piperazine rings is 1. The van der Waals surface area contributed by atoms with Gasteiger partial charge in [-0.25, -0.2) is 0 Å². The minimum atomic E-state index is -0.693. The molecule has 1 saturated heterocycles. The van der Waals surface area contributed by atoms with Crippen LogP contribution in [0.4, 0.5) is 0 Å². The van der Waals surface area contributed by atoms with E-state index < -0.39 is 6.10 Å². The Hall–Kier alpha value is -3.94. The van der Waals surface area contributed by atoms with Gasteiger partial charge in [0.1, 0.15) is 18.5 Å². The third kappa shape index (κ3) is 5.74. The number of amides is 1. The van der Waals surface area contributed by atoms with Crippen LogP contribution in [-0.4, -0.2) is 66.2 Å². The Labute approximate surface area is 216 Å². The Kier molecular flexibility index (Phi) is 7.63. The number of nitrogens with zero attached hydrogens (tertiary/aromatic N) is 3. The fraction of sp³-hybridized carbons (Fsp3) is 0.267. The van der Waals surface area contributed by atoms with Gasteiger partial charge in [-0.3, -0.25) is 9.69 Å². The van der Waals surface area contributed by atoms with Crippen molar-refractivity contribution in [3.8, 4) is 5.75 Å². The van der Waals surface area contributed by atoms with Crippen molar-refractivity contribution in [1.82, 2.24) is 9.80 Å². The average molecular weight is 498 g/mol. The van der Waals surface area contributed by atoms with Crippen LogP contribution in [0, 0.1) is 5.21 Å². The number of aliphatic hydroxyl groups is 1. The van der Waals surface area contributed by atoms with Gasteiger partial charge in [0.05, 0.1) is 11.3 Å². The van der Waals surface area contributed by atoms with Crippen molar-refractivity contribution in [2.24, 2.45) is 0 Å². The van der Waals surface area contributed by atoms with Crippen molar-refractivity contribution in [2.45, 2.75) is 12.0 Å². The monoisotopic (exact) mass is 497 g/mol. The Balaban J connectivity index is 1.17. The molecule has 1 N–H and O–H groups in total. The number of aromatic nitrogens is 1. The highest BCUT2D eigenvalue weighted by Crippen LogP contribution is 2.27. The highest BCUT2D eigenvalue weighted by atomic mass is 16.5. The van der Waals surface area contributed by atoms with Crippen LogP contribution in [0.15, 0.2) is 97.2 Å². The van der Waals surface area contributed by atoms with Crippen molar-refractivity contribution in [3.05, 3.63) is 114 Å². The van der Waals surface area contributed by atoms with Crippen LogP contribution in [0.3, 0.4) is 0 Å². The first-order valence-corrected chi connectivity index (χ1v) is 12.6. The molecule has 0 bridgehead atoms. The second-order valence-electron chi connectivity index (χ2n) is 9.37. The summed E-state index contributed by atoms with van der Waals surface area (Å²) in [6.45, 7) is 3.16. The molecule has 1 amide bonds. The van der Waals surface area contributed by atoms with Gasteiger partial charge in [0.2, 0.25) is 11.4 Å². The van der Waals surface area contributed by atoms with E-state index in [0.717, 1.165) is 15.9 Å². The summed E-state index contributed by atoms with van der Waals surface area (Å²) in [5.41, 5.74) is 2.51. The first-order chi connectivity index (χ1) is 18.1. The maximum atomic E-state index is 13.6. The maximum absolute atomic E-state index is 13.6. The first-order valence-electron chi connectivity index (χ1n) is 12.6. The maximum Gasteiger partial charge on any atom is 0.234 e. The van der Waals surface area contributed by atoms with E-state index in [0.29, 0.717) is 49.4 Å². The van der Waals surface area contributed by atoms with Crippen molar-refractivity contribution in [1.29, 1.82) is 0 Å². The largest absolute Gasteiger partial charge is 0.618 e. The number of hydrogen-bond donors (Lipinski definition) is 1. The van der Waals surface area contributed by atoms with Gasteiger partial charge >= 0.3 is 0 Å². The molecule has 1 unspecified atom stereocenters. The minimum absolute atomic E-state index is 0.104. The quantitative estimate of drug-likeness (QED) is 0.299. The van der Waals surface area contributed by atoms with E-state index in [1.54, 1.807) is 24.3 Å². The lowest BCUT2D eigenvalue weighted by Gasteiger charge is -2.37. The van der Waals surface area contributed by atoms with Crippen molar-refractivity contribution < 1.29 is 19.4 Å². The molecule has 1 fully saturated rings. The van der Waals surface area contributed by atoms with Gasteiger partial charge in [0, 0.05) is 44.9 Å². The molecular formula is C30H31N3O4. The number of carbonyl (C=O) groups is 1. The Bertz CT molecular complexity index is 1290. The topological polar surface area (TPSA) is 80.0 Å². The molecule has 37 heavy (non-hydrogen) atoms. The van der Waals surface area contributed by atoms with E-state index >= 15 is 0 Å². The Morgan fingerprint density at radius 1 is 0.865 bits per heavy atom. The second kappa shape index (κ2) is 11.4. The first kappa shape index (κ1) is 24.7. The molecule has 0 aliphatic carbocycles. The standard InChI is InChI=1S/C30H31N3O4/c34-25(22-37-28-15-7-14-27-26(28)13-8-16-33(27)36)21-31-17-19-32(20-18-31)30(35)29(23-9-3-1-4-10-23)24-11-5-2-6-12-24/h1-16,25,29,34H,17-22H2. The molecular weight excluding hydrogens is 466 g/mol. The molecule has 1 aliphatic rings. The number of pyridine rings is 1. The molecule has 190 valence electrons. The number of hydrogen-bond acceptors (Lipinski definition) is 5. The summed E-state index contributed by atoms with van der Waals surface area (Å²) in [7, 11) is 0. The van der Waals surface area contributed by atoms with Crippen LogP contribution in [0.25, 0.3) is 10.9 Å². The SMILES string of the molecule is O=C(C(c1ccccc1)c1ccccc1)N1CCN(CC(O)COc2cccc3c2ccc[n+]3[O-])CC1. The van der Waals surface area contributed by atoms with Crippen molar-refractivity contribution in [2.75, 3.05) is 39.3 Å². The molecule has 2 heterocycles. The molecule has 7 nitrogen and oxygen atoms in total. The lowest BCUT2D eigenvalue weighted by atomic mass is 9.90. The molecule has 0 radical (unpaired) electrons. The number of aliphatic hydroxyl groups excluding tert-OH is 1. The predicted octanol–water partition coefficient (Wildman–Crippen LogP) is 3.19. The highest BCUT2D eigenvalue weighted by Gasteiger charge is 2.30. The van der Waals surface area contributed by atoms with Gasteiger partial charge in [-0.2, -0.15) is 4.73 Å².